The van der Waals surface area contributed by atoms with Gasteiger partial charge in [-0.15, -0.1) is 0 Å². The molecule has 0 fully saturated rings. The number of hydrogen-bond donors (Lipinski definition) is 1. The van der Waals surface area contributed by atoms with E-state index in [0.717, 1.165) is 11.8 Å². The molecule has 4 aromatic rings. The van der Waals surface area contributed by atoms with Gasteiger partial charge in [-0.25, -0.2) is 18.4 Å². The number of para-hydroxylation sites is 1. The van der Waals surface area contributed by atoms with Crippen LogP contribution in [0.2, 0.25) is 0 Å². The van der Waals surface area contributed by atoms with Gasteiger partial charge in [0.15, 0.2) is 14.9 Å². The molecular weight excluding hydrogens is 452 g/mol. The minimum Gasteiger partial charge on any atom is -0.435 e. The molecule has 7 nitrogen and oxygen atoms in total. The Labute approximate surface area is 188 Å². The maximum atomic E-state index is 13.0. The molecule has 1 aromatic carbocycles. The van der Waals surface area contributed by atoms with E-state index in [-0.39, 0.29) is 10.8 Å². The normalized spacial score (nSPS) is 18.1. The molecule has 3 heterocycles. The number of halogens is 2. The fourth-order valence-electron chi connectivity index (χ4n) is 4.31. The van der Waals surface area contributed by atoms with Crippen molar-refractivity contribution in [2.75, 3.05) is 6.26 Å². The maximum Gasteiger partial charge on any atom is 0.387 e. The lowest BCUT2D eigenvalue weighted by Gasteiger charge is -2.17. The van der Waals surface area contributed by atoms with Gasteiger partial charge in [0.05, 0.1) is 17.5 Å². The molecule has 0 saturated carbocycles. The molecule has 0 radical (unpaired) electrons. The lowest BCUT2D eigenvalue weighted by Crippen LogP contribution is -2.08. The molecule has 0 spiro atoms. The third-order valence-electron chi connectivity index (χ3n) is 5.75. The zero-order chi connectivity index (χ0) is 23.3. The highest BCUT2D eigenvalue weighted by molar-refractivity contribution is 7.90. The number of alkyl halides is 2. The van der Waals surface area contributed by atoms with Crippen LogP contribution in [0.1, 0.15) is 35.4 Å². The molecule has 0 amide bonds. The number of ether oxygens (including phenoxy) is 1. The summed E-state index contributed by atoms with van der Waals surface area (Å²) in [5.41, 5.74) is 3.79. The molecule has 1 aliphatic rings. The van der Waals surface area contributed by atoms with Crippen molar-refractivity contribution in [2.24, 2.45) is 0 Å². The van der Waals surface area contributed by atoms with Crippen LogP contribution in [-0.2, 0) is 9.84 Å². The lowest BCUT2D eigenvalue weighted by molar-refractivity contribution is -0.0506. The minimum atomic E-state index is -3.41. The van der Waals surface area contributed by atoms with Crippen molar-refractivity contribution in [1.29, 1.82) is 0 Å². The van der Waals surface area contributed by atoms with Gasteiger partial charge in [0.2, 0.25) is 0 Å². The summed E-state index contributed by atoms with van der Waals surface area (Å²) in [6.07, 6.45) is 3.84. The van der Waals surface area contributed by atoms with Crippen molar-refractivity contribution in [1.82, 2.24) is 14.4 Å². The fourth-order valence-corrected chi connectivity index (χ4v) is 4.87. The molecule has 0 saturated heterocycles. The largest absolute Gasteiger partial charge is 0.435 e. The first-order valence-corrected chi connectivity index (χ1v) is 12.0. The van der Waals surface area contributed by atoms with E-state index in [1.807, 2.05) is 16.7 Å². The van der Waals surface area contributed by atoms with Gasteiger partial charge in [0.1, 0.15) is 11.4 Å². The number of nitrogens with zero attached hydrogens (tertiary/aromatic N) is 3. The predicted molar refractivity (Wildman–Crippen MR) is 116 cm³/mol. The van der Waals surface area contributed by atoms with Gasteiger partial charge >= 0.3 is 6.61 Å². The number of pyridine rings is 2. The third-order valence-corrected chi connectivity index (χ3v) is 6.75. The zero-order valence-electron chi connectivity index (χ0n) is 17.4. The lowest BCUT2D eigenvalue weighted by atomic mass is 9.95. The summed E-state index contributed by atoms with van der Waals surface area (Å²) in [5, 5.41) is 10.6. The Bertz CT molecular complexity index is 1450. The van der Waals surface area contributed by atoms with E-state index in [2.05, 4.69) is 9.97 Å². The molecule has 0 bridgehead atoms. The first-order chi connectivity index (χ1) is 15.7. The first-order valence-electron chi connectivity index (χ1n) is 10.1. The highest BCUT2D eigenvalue weighted by atomic mass is 32.2. The number of sulfone groups is 1. The van der Waals surface area contributed by atoms with Crippen LogP contribution in [0.15, 0.2) is 66.0 Å². The van der Waals surface area contributed by atoms with Crippen LogP contribution in [0.4, 0.5) is 8.78 Å². The number of benzene rings is 1. The highest BCUT2D eigenvalue weighted by Crippen LogP contribution is 2.47. The summed E-state index contributed by atoms with van der Waals surface area (Å²) in [4.78, 5) is 8.59. The van der Waals surface area contributed by atoms with Crippen LogP contribution in [-0.4, -0.2) is 40.8 Å². The topological polar surface area (TPSA) is 93.8 Å². The Hall–Kier alpha value is -3.37. The average molecular weight is 471 g/mol. The second kappa shape index (κ2) is 7.89. The number of rotatable bonds is 5. The van der Waals surface area contributed by atoms with Gasteiger partial charge in [0, 0.05) is 41.3 Å². The van der Waals surface area contributed by atoms with Crippen LogP contribution in [0, 0.1) is 0 Å². The van der Waals surface area contributed by atoms with Gasteiger partial charge in [0.25, 0.3) is 0 Å². The summed E-state index contributed by atoms with van der Waals surface area (Å²) in [6, 6.07) is 13.3. The number of aliphatic hydroxyl groups excluding tert-OH is 1. The first kappa shape index (κ1) is 21.5. The van der Waals surface area contributed by atoms with E-state index in [1.54, 1.807) is 30.3 Å². The summed E-state index contributed by atoms with van der Waals surface area (Å²) in [6.45, 7) is -2.96. The molecule has 33 heavy (non-hydrogen) atoms. The smallest absolute Gasteiger partial charge is 0.387 e. The quantitative estimate of drug-likeness (QED) is 0.473. The van der Waals surface area contributed by atoms with Crippen molar-refractivity contribution in [3.8, 4) is 16.9 Å². The van der Waals surface area contributed by atoms with E-state index in [0.29, 0.717) is 34.6 Å². The van der Waals surface area contributed by atoms with E-state index in [1.165, 1.54) is 18.3 Å². The van der Waals surface area contributed by atoms with E-state index < -0.39 is 28.5 Å². The SMILES string of the molecule is CS(=O)(=O)c1ccc(-c2ccc3nc4c(n3c2)C(c2ccccc2OC(F)F)CC4O)cn1. The summed E-state index contributed by atoms with van der Waals surface area (Å²) < 4.78 is 55.9. The Kier molecular flexibility index (Phi) is 5.13. The number of aromatic nitrogens is 3. The van der Waals surface area contributed by atoms with Crippen LogP contribution in [0.25, 0.3) is 16.8 Å². The molecule has 1 aliphatic carbocycles. The molecule has 0 aliphatic heterocycles. The van der Waals surface area contributed by atoms with E-state index in [9.17, 15) is 22.3 Å². The summed E-state index contributed by atoms with van der Waals surface area (Å²) in [7, 11) is -3.41. The van der Waals surface area contributed by atoms with Crippen LogP contribution < -0.4 is 4.74 Å². The summed E-state index contributed by atoms with van der Waals surface area (Å²) >= 11 is 0. The number of fused-ring (bicyclic) bond motifs is 3. The Morgan fingerprint density at radius 3 is 2.58 bits per heavy atom. The molecule has 5 rings (SSSR count). The van der Waals surface area contributed by atoms with Gasteiger partial charge < -0.3 is 14.2 Å². The number of imidazole rings is 1. The predicted octanol–water partition coefficient (Wildman–Crippen LogP) is 3.97. The van der Waals surface area contributed by atoms with Gasteiger partial charge in [-0.2, -0.15) is 8.78 Å². The van der Waals surface area contributed by atoms with Gasteiger partial charge in [-0.1, -0.05) is 18.2 Å². The van der Waals surface area contributed by atoms with E-state index >= 15 is 0 Å². The number of hydrogen-bond acceptors (Lipinski definition) is 6. The molecule has 2 atom stereocenters. The van der Waals surface area contributed by atoms with Gasteiger partial charge in [-0.3, -0.25) is 0 Å². The average Bonchev–Trinajstić information content (AvgIpc) is 3.30. The highest BCUT2D eigenvalue weighted by Gasteiger charge is 2.37. The zero-order valence-corrected chi connectivity index (χ0v) is 18.2. The second-order valence-corrected chi connectivity index (χ2v) is 9.87. The van der Waals surface area contributed by atoms with Crippen LogP contribution in [0.5, 0.6) is 5.75 Å². The van der Waals surface area contributed by atoms with Crippen LogP contribution in [0.3, 0.4) is 0 Å². The molecule has 10 heteroatoms. The fraction of sp³-hybridized carbons (Fsp3) is 0.217. The maximum absolute atomic E-state index is 13.0. The van der Waals surface area contributed by atoms with Crippen molar-refractivity contribution >= 4 is 15.5 Å². The monoisotopic (exact) mass is 471 g/mol. The minimum absolute atomic E-state index is 0.0188. The molecule has 3 aromatic heterocycles. The van der Waals surface area contributed by atoms with Crippen molar-refractivity contribution in [3.05, 3.63) is 77.9 Å². The Morgan fingerprint density at radius 2 is 1.88 bits per heavy atom. The molecule has 1 N–H and O–H groups in total. The second-order valence-electron chi connectivity index (χ2n) is 7.91. The van der Waals surface area contributed by atoms with Crippen molar-refractivity contribution in [3.63, 3.8) is 0 Å². The van der Waals surface area contributed by atoms with Gasteiger partial charge in [-0.05, 0) is 36.8 Å². The standard InChI is InChI=1S/C23H19F2N3O4S/c1-33(30,31)20-9-7-13(11-26-20)14-6-8-19-27-21-17(29)10-16(22(21)28(19)12-14)15-4-2-3-5-18(15)32-23(24)25/h2-9,11-12,16-17,23,29H,10H2,1H3. The Balaban J connectivity index is 1.62. The van der Waals surface area contributed by atoms with E-state index in [4.69, 9.17) is 4.74 Å². The van der Waals surface area contributed by atoms with Crippen molar-refractivity contribution < 1.29 is 27.0 Å². The molecule has 170 valence electrons. The van der Waals surface area contributed by atoms with Crippen LogP contribution >= 0.6 is 0 Å². The molecule has 2 unspecified atom stereocenters. The summed E-state index contributed by atoms with van der Waals surface area (Å²) in [5.74, 6) is -0.342. The third kappa shape index (κ3) is 3.85. The Morgan fingerprint density at radius 1 is 1.12 bits per heavy atom. The molecular formula is C23H19F2N3O4S. The van der Waals surface area contributed by atoms with Crippen molar-refractivity contribution in [2.45, 2.75) is 30.1 Å². The number of aliphatic hydroxyl groups is 1.